The van der Waals surface area contributed by atoms with Crippen LogP contribution in [0.15, 0.2) is 18.2 Å². The highest BCUT2D eigenvalue weighted by Crippen LogP contribution is 2.19. The first-order valence-electron chi connectivity index (χ1n) is 4.91. The van der Waals surface area contributed by atoms with Crippen molar-refractivity contribution in [3.05, 3.63) is 28.8 Å². The third-order valence-corrected chi connectivity index (χ3v) is 2.49. The summed E-state index contributed by atoms with van der Waals surface area (Å²) in [6.07, 6.45) is -0.592. The number of nitriles is 1. The summed E-state index contributed by atoms with van der Waals surface area (Å²) in [5, 5.41) is 21.6. The molecule has 0 spiro atoms. The molecule has 16 heavy (non-hydrogen) atoms. The van der Waals surface area contributed by atoms with E-state index >= 15 is 0 Å². The second kappa shape index (κ2) is 5.71. The van der Waals surface area contributed by atoms with Crippen LogP contribution in [0.4, 0.5) is 5.69 Å². The van der Waals surface area contributed by atoms with E-state index in [-0.39, 0.29) is 6.04 Å². The Kier molecular flexibility index (Phi) is 4.56. The van der Waals surface area contributed by atoms with Gasteiger partial charge in [0.1, 0.15) is 6.07 Å². The number of nitrogens with zero attached hydrogens (tertiary/aromatic N) is 1. The van der Waals surface area contributed by atoms with Gasteiger partial charge in [-0.3, -0.25) is 0 Å². The monoisotopic (exact) mass is 239 g/mol. The van der Waals surface area contributed by atoms with E-state index in [2.05, 4.69) is 5.32 Å². The molecule has 0 radical (unpaired) electrons. The third-order valence-electron chi connectivity index (χ3n) is 2.25. The molecule has 4 N–H and O–H groups in total. The molecule has 0 saturated heterocycles. The van der Waals surface area contributed by atoms with E-state index in [1.807, 2.05) is 6.07 Å². The summed E-state index contributed by atoms with van der Waals surface area (Å²) in [4.78, 5) is 0. The topological polar surface area (TPSA) is 82.1 Å². The van der Waals surface area contributed by atoms with Crippen LogP contribution in [0.3, 0.4) is 0 Å². The van der Waals surface area contributed by atoms with Gasteiger partial charge in [0.15, 0.2) is 0 Å². The first-order valence-corrected chi connectivity index (χ1v) is 5.29. The number of halogens is 1. The predicted octanol–water partition coefficient (Wildman–Crippen LogP) is 1.33. The van der Waals surface area contributed by atoms with E-state index in [1.54, 1.807) is 25.1 Å². The molecule has 86 valence electrons. The van der Waals surface area contributed by atoms with Crippen molar-refractivity contribution in [1.82, 2.24) is 0 Å². The molecule has 1 aromatic rings. The van der Waals surface area contributed by atoms with Gasteiger partial charge in [-0.15, -0.1) is 0 Å². The standard InChI is InChI=1S/C11H14ClN3O/c1-7(16)10(14)6-15-11-3-2-9(12)4-8(11)5-13/h2-4,7,10,15-16H,6,14H2,1H3. The van der Waals surface area contributed by atoms with Gasteiger partial charge in [-0.2, -0.15) is 5.26 Å². The Bertz CT molecular complexity index is 401. The second-order valence-corrected chi connectivity index (χ2v) is 4.02. The molecule has 0 aromatic heterocycles. The lowest BCUT2D eigenvalue weighted by atomic mass is 10.1. The Morgan fingerprint density at radius 3 is 2.88 bits per heavy atom. The zero-order chi connectivity index (χ0) is 12.1. The van der Waals surface area contributed by atoms with Crippen LogP contribution in [-0.4, -0.2) is 23.8 Å². The van der Waals surface area contributed by atoms with Crippen LogP contribution in [0.2, 0.25) is 5.02 Å². The number of rotatable bonds is 4. The Balaban J connectivity index is 2.71. The molecule has 2 atom stereocenters. The average Bonchev–Trinajstić information content (AvgIpc) is 2.26. The van der Waals surface area contributed by atoms with Gasteiger partial charge in [0.2, 0.25) is 0 Å². The minimum Gasteiger partial charge on any atom is -0.392 e. The summed E-state index contributed by atoms with van der Waals surface area (Å²) in [5.74, 6) is 0. The molecule has 0 bridgehead atoms. The molecule has 0 fully saturated rings. The molecule has 0 heterocycles. The fraction of sp³-hybridized carbons (Fsp3) is 0.364. The molecule has 4 nitrogen and oxygen atoms in total. The van der Waals surface area contributed by atoms with E-state index in [0.29, 0.717) is 22.8 Å². The van der Waals surface area contributed by atoms with Crippen LogP contribution in [-0.2, 0) is 0 Å². The third kappa shape index (κ3) is 3.38. The highest BCUT2D eigenvalue weighted by molar-refractivity contribution is 6.30. The molecule has 0 aliphatic heterocycles. The van der Waals surface area contributed by atoms with Crippen LogP contribution < -0.4 is 11.1 Å². The quantitative estimate of drug-likeness (QED) is 0.740. The summed E-state index contributed by atoms with van der Waals surface area (Å²) >= 11 is 5.77. The molecule has 1 aromatic carbocycles. The zero-order valence-electron chi connectivity index (χ0n) is 8.94. The van der Waals surface area contributed by atoms with Gasteiger partial charge in [-0.1, -0.05) is 11.6 Å². The molecular weight excluding hydrogens is 226 g/mol. The molecule has 5 heteroatoms. The van der Waals surface area contributed by atoms with Crippen molar-refractivity contribution in [3.63, 3.8) is 0 Å². The van der Waals surface area contributed by atoms with Crippen molar-refractivity contribution >= 4 is 17.3 Å². The van der Waals surface area contributed by atoms with Crippen molar-refractivity contribution in [2.24, 2.45) is 5.73 Å². The lowest BCUT2D eigenvalue weighted by Gasteiger charge is -2.16. The van der Waals surface area contributed by atoms with Crippen molar-refractivity contribution in [1.29, 1.82) is 5.26 Å². The molecule has 2 unspecified atom stereocenters. The van der Waals surface area contributed by atoms with E-state index < -0.39 is 6.10 Å². The summed E-state index contributed by atoms with van der Waals surface area (Å²) in [5.41, 5.74) is 6.80. The Morgan fingerprint density at radius 2 is 2.31 bits per heavy atom. The summed E-state index contributed by atoms with van der Waals surface area (Å²) in [6.45, 7) is 2.02. The molecule has 0 saturated carbocycles. The fourth-order valence-electron chi connectivity index (χ4n) is 1.16. The fourth-order valence-corrected chi connectivity index (χ4v) is 1.33. The predicted molar refractivity (Wildman–Crippen MR) is 64.3 cm³/mol. The lowest BCUT2D eigenvalue weighted by molar-refractivity contribution is 0.168. The van der Waals surface area contributed by atoms with Crippen LogP contribution >= 0.6 is 11.6 Å². The highest BCUT2D eigenvalue weighted by atomic mass is 35.5. The van der Waals surface area contributed by atoms with E-state index in [4.69, 9.17) is 22.6 Å². The largest absolute Gasteiger partial charge is 0.392 e. The maximum absolute atomic E-state index is 9.22. The number of hydrogen-bond donors (Lipinski definition) is 3. The smallest absolute Gasteiger partial charge is 0.101 e. The molecule has 1 rings (SSSR count). The van der Waals surface area contributed by atoms with Crippen LogP contribution in [0.5, 0.6) is 0 Å². The number of aliphatic hydroxyl groups excluding tert-OH is 1. The molecule has 0 aliphatic rings. The number of anilines is 1. The Hall–Kier alpha value is -1.28. The number of nitrogens with two attached hydrogens (primary N) is 1. The normalized spacial score (nSPS) is 13.9. The van der Waals surface area contributed by atoms with Crippen LogP contribution in [0, 0.1) is 11.3 Å². The van der Waals surface area contributed by atoms with Gasteiger partial charge < -0.3 is 16.2 Å². The highest BCUT2D eigenvalue weighted by Gasteiger charge is 2.10. The van der Waals surface area contributed by atoms with Gasteiger partial charge in [-0.05, 0) is 25.1 Å². The first-order chi connectivity index (χ1) is 7.54. The number of benzene rings is 1. The Morgan fingerprint density at radius 1 is 1.62 bits per heavy atom. The number of hydrogen-bond acceptors (Lipinski definition) is 4. The van der Waals surface area contributed by atoms with Crippen molar-refractivity contribution in [2.75, 3.05) is 11.9 Å². The summed E-state index contributed by atoms with van der Waals surface area (Å²) < 4.78 is 0. The number of aliphatic hydroxyl groups is 1. The maximum Gasteiger partial charge on any atom is 0.101 e. The van der Waals surface area contributed by atoms with E-state index in [0.717, 1.165) is 0 Å². The zero-order valence-corrected chi connectivity index (χ0v) is 9.70. The van der Waals surface area contributed by atoms with Crippen molar-refractivity contribution < 1.29 is 5.11 Å². The minimum atomic E-state index is -0.592. The van der Waals surface area contributed by atoms with Crippen molar-refractivity contribution in [3.8, 4) is 6.07 Å². The van der Waals surface area contributed by atoms with Gasteiger partial charge in [0, 0.05) is 17.6 Å². The Labute approximate surface area is 99.6 Å². The lowest BCUT2D eigenvalue weighted by Crippen LogP contribution is -2.38. The summed E-state index contributed by atoms with van der Waals surface area (Å²) in [6, 6.07) is 6.66. The minimum absolute atomic E-state index is 0.373. The second-order valence-electron chi connectivity index (χ2n) is 3.59. The number of nitrogens with one attached hydrogen (secondary N) is 1. The molecule has 0 aliphatic carbocycles. The van der Waals surface area contributed by atoms with E-state index in [1.165, 1.54) is 0 Å². The average molecular weight is 240 g/mol. The van der Waals surface area contributed by atoms with Gasteiger partial charge >= 0.3 is 0 Å². The van der Waals surface area contributed by atoms with Crippen LogP contribution in [0.25, 0.3) is 0 Å². The molecule has 0 amide bonds. The van der Waals surface area contributed by atoms with Crippen molar-refractivity contribution in [2.45, 2.75) is 19.1 Å². The summed E-state index contributed by atoms with van der Waals surface area (Å²) in [7, 11) is 0. The SMILES string of the molecule is CC(O)C(N)CNc1ccc(Cl)cc1C#N. The maximum atomic E-state index is 9.22. The van der Waals surface area contributed by atoms with Crippen LogP contribution in [0.1, 0.15) is 12.5 Å². The van der Waals surface area contributed by atoms with Gasteiger partial charge in [0.25, 0.3) is 0 Å². The van der Waals surface area contributed by atoms with Gasteiger partial charge in [0.05, 0.1) is 17.4 Å². The molecular formula is C11H14ClN3O. The van der Waals surface area contributed by atoms with Gasteiger partial charge in [-0.25, -0.2) is 0 Å². The van der Waals surface area contributed by atoms with E-state index in [9.17, 15) is 5.11 Å². The first kappa shape index (κ1) is 12.8.